The second-order valence-corrected chi connectivity index (χ2v) is 6.79. The Morgan fingerprint density at radius 3 is 2.86 bits per heavy atom. The van der Waals surface area contributed by atoms with Gasteiger partial charge in [-0.05, 0) is 42.7 Å². The average Bonchev–Trinajstić information content (AvgIpc) is 2.47. The van der Waals surface area contributed by atoms with Crippen LogP contribution in [0.3, 0.4) is 0 Å². The largest absolute Gasteiger partial charge is 0.355 e. The molecule has 0 aliphatic heterocycles. The van der Waals surface area contributed by atoms with E-state index in [4.69, 9.17) is 0 Å². The van der Waals surface area contributed by atoms with Crippen molar-refractivity contribution < 1.29 is 4.79 Å². The Bertz CT molecular complexity index is 444. The van der Waals surface area contributed by atoms with Gasteiger partial charge in [0.15, 0.2) is 0 Å². The summed E-state index contributed by atoms with van der Waals surface area (Å²) in [5.74, 6) is 2.24. The second kappa shape index (κ2) is 7.58. The van der Waals surface area contributed by atoms with Crippen LogP contribution < -0.4 is 5.32 Å². The van der Waals surface area contributed by atoms with Gasteiger partial charge >= 0.3 is 0 Å². The van der Waals surface area contributed by atoms with Gasteiger partial charge in [-0.2, -0.15) is 0 Å². The van der Waals surface area contributed by atoms with Gasteiger partial charge in [0.1, 0.15) is 0 Å². The Morgan fingerprint density at radius 2 is 2.19 bits per heavy atom. The summed E-state index contributed by atoms with van der Waals surface area (Å²) in [5, 5.41) is 3.13. The van der Waals surface area contributed by atoms with E-state index in [-0.39, 0.29) is 11.8 Å². The molecule has 1 amide bonds. The van der Waals surface area contributed by atoms with E-state index in [1.165, 1.54) is 12.8 Å². The van der Waals surface area contributed by atoms with Crippen molar-refractivity contribution in [3.8, 4) is 0 Å². The van der Waals surface area contributed by atoms with Gasteiger partial charge < -0.3 is 5.32 Å². The lowest BCUT2D eigenvalue weighted by molar-refractivity contribution is -0.129. The van der Waals surface area contributed by atoms with Crippen molar-refractivity contribution in [1.82, 2.24) is 10.3 Å². The van der Waals surface area contributed by atoms with Crippen LogP contribution >= 0.6 is 0 Å². The van der Waals surface area contributed by atoms with E-state index in [0.29, 0.717) is 24.3 Å². The normalized spacial score (nSPS) is 25.8. The van der Waals surface area contributed by atoms with Crippen molar-refractivity contribution in [1.29, 1.82) is 0 Å². The number of amides is 1. The minimum absolute atomic E-state index is 0.192. The van der Waals surface area contributed by atoms with Crippen molar-refractivity contribution in [2.75, 3.05) is 6.54 Å². The van der Waals surface area contributed by atoms with Crippen molar-refractivity contribution in [2.45, 2.75) is 46.5 Å². The van der Waals surface area contributed by atoms with Crippen molar-refractivity contribution in [3.63, 3.8) is 0 Å². The summed E-state index contributed by atoms with van der Waals surface area (Å²) in [4.78, 5) is 16.8. The van der Waals surface area contributed by atoms with Crippen LogP contribution in [0.5, 0.6) is 0 Å². The van der Waals surface area contributed by atoms with Crippen LogP contribution in [0.2, 0.25) is 0 Å². The maximum absolute atomic E-state index is 12.5. The van der Waals surface area contributed by atoms with Crippen LogP contribution in [0, 0.1) is 23.7 Å². The summed E-state index contributed by atoms with van der Waals surface area (Å²) >= 11 is 0. The summed E-state index contributed by atoms with van der Waals surface area (Å²) in [6.07, 6.45) is 6.10. The molecule has 0 aromatic carbocycles. The molecule has 1 N–H and O–H groups in total. The van der Waals surface area contributed by atoms with Crippen LogP contribution in [0.1, 0.15) is 45.7 Å². The number of pyridine rings is 1. The molecule has 0 bridgehead atoms. The van der Waals surface area contributed by atoms with E-state index in [1.807, 2.05) is 18.2 Å². The zero-order chi connectivity index (χ0) is 15.2. The highest BCUT2D eigenvalue weighted by molar-refractivity contribution is 5.79. The van der Waals surface area contributed by atoms with Gasteiger partial charge in [-0.1, -0.05) is 33.3 Å². The number of rotatable bonds is 5. The summed E-state index contributed by atoms with van der Waals surface area (Å²) in [6, 6.07) is 5.91. The van der Waals surface area contributed by atoms with Crippen molar-refractivity contribution in [2.24, 2.45) is 23.7 Å². The Balaban J connectivity index is 1.85. The maximum atomic E-state index is 12.5. The molecule has 2 rings (SSSR count). The maximum Gasteiger partial charge on any atom is 0.223 e. The van der Waals surface area contributed by atoms with E-state index in [9.17, 15) is 4.79 Å². The van der Waals surface area contributed by atoms with Crippen LogP contribution in [-0.2, 0) is 11.2 Å². The Kier molecular flexibility index (Phi) is 5.77. The molecule has 1 aliphatic carbocycles. The predicted octanol–water partition coefficient (Wildman–Crippen LogP) is 3.45. The molecule has 3 heteroatoms. The van der Waals surface area contributed by atoms with E-state index >= 15 is 0 Å². The highest BCUT2D eigenvalue weighted by atomic mass is 16.1. The summed E-state index contributed by atoms with van der Waals surface area (Å²) in [5.41, 5.74) is 1.04. The summed E-state index contributed by atoms with van der Waals surface area (Å²) in [7, 11) is 0. The SMILES string of the molecule is CC(C)[C@H]1CC[C@@H](C)C[C@H]1C(=O)NCCc1ccccn1. The molecule has 0 unspecified atom stereocenters. The summed E-state index contributed by atoms with van der Waals surface area (Å²) < 4.78 is 0. The highest BCUT2D eigenvalue weighted by Gasteiger charge is 2.35. The van der Waals surface area contributed by atoms with E-state index in [1.54, 1.807) is 6.20 Å². The van der Waals surface area contributed by atoms with Crippen molar-refractivity contribution >= 4 is 5.91 Å². The fraction of sp³-hybridized carbons (Fsp3) is 0.667. The van der Waals surface area contributed by atoms with Gasteiger partial charge in [0.05, 0.1) is 0 Å². The van der Waals surface area contributed by atoms with Gasteiger partial charge in [0.25, 0.3) is 0 Å². The summed E-state index contributed by atoms with van der Waals surface area (Å²) in [6.45, 7) is 7.44. The number of nitrogens with one attached hydrogen (secondary N) is 1. The molecule has 1 fully saturated rings. The molecule has 1 aromatic rings. The monoisotopic (exact) mass is 288 g/mol. The van der Waals surface area contributed by atoms with Crippen LogP contribution in [0.25, 0.3) is 0 Å². The predicted molar refractivity (Wildman–Crippen MR) is 85.8 cm³/mol. The zero-order valence-electron chi connectivity index (χ0n) is 13.5. The van der Waals surface area contributed by atoms with Gasteiger partial charge in [0.2, 0.25) is 5.91 Å². The van der Waals surface area contributed by atoms with Crippen LogP contribution in [0.15, 0.2) is 24.4 Å². The molecule has 1 heterocycles. The molecule has 3 nitrogen and oxygen atoms in total. The second-order valence-electron chi connectivity index (χ2n) is 6.79. The first-order valence-corrected chi connectivity index (χ1v) is 8.25. The highest BCUT2D eigenvalue weighted by Crippen LogP contribution is 2.37. The number of hydrogen-bond acceptors (Lipinski definition) is 2. The number of hydrogen-bond donors (Lipinski definition) is 1. The third-order valence-electron chi connectivity index (χ3n) is 4.77. The standard InChI is InChI=1S/C18H28N2O/c1-13(2)16-8-7-14(3)12-17(16)18(21)20-11-9-15-6-4-5-10-19-15/h4-6,10,13-14,16-17H,7-9,11-12H2,1-3H3,(H,20,21)/t14-,16-,17-/m1/s1. The lowest BCUT2D eigenvalue weighted by Crippen LogP contribution is -2.40. The molecule has 21 heavy (non-hydrogen) atoms. The molecule has 1 saturated carbocycles. The van der Waals surface area contributed by atoms with Gasteiger partial charge in [-0.15, -0.1) is 0 Å². The molecule has 1 aliphatic rings. The van der Waals surface area contributed by atoms with Gasteiger partial charge in [0, 0.05) is 30.8 Å². The lowest BCUT2D eigenvalue weighted by atomic mass is 9.70. The molecule has 116 valence electrons. The Labute approximate surface area is 128 Å². The fourth-order valence-electron chi connectivity index (χ4n) is 3.49. The molecule has 0 saturated heterocycles. The minimum Gasteiger partial charge on any atom is -0.355 e. The lowest BCUT2D eigenvalue weighted by Gasteiger charge is -2.36. The van der Waals surface area contributed by atoms with E-state index < -0.39 is 0 Å². The first-order valence-electron chi connectivity index (χ1n) is 8.25. The van der Waals surface area contributed by atoms with E-state index in [2.05, 4.69) is 31.1 Å². The van der Waals surface area contributed by atoms with Crippen molar-refractivity contribution in [3.05, 3.63) is 30.1 Å². The fourth-order valence-corrected chi connectivity index (χ4v) is 3.49. The van der Waals surface area contributed by atoms with Gasteiger partial charge in [-0.3, -0.25) is 9.78 Å². The van der Waals surface area contributed by atoms with Crippen LogP contribution in [-0.4, -0.2) is 17.4 Å². The molecule has 0 radical (unpaired) electrons. The molecular formula is C18H28N2O. The first-order chi connectivity index (χ1) is 10.1. The molecule has 3 atom stereocenters. The molecule has 0 spiro atoms. The number of carbonyl (C=O) groups excluding carboxylic acids is 1. The number of carbonyl (C=O) groups is 1. The smallest absolute Gasteiger partial charge is 0.223 e. The number of aromatic nitrogens is 1. The Hall–Kier alpha value is -1.38. The molecule has 1 aromatic heterocycles. The zero-order valence-corrected chi connectivity index (χ0v) is 13.5. The first kappa shape index (κ1) is 16.0. The molecular weight excluding hydrogens is 260 g/mol. The topological polar surface area (TPSA) is 42.0 Å². The minimum atomic E-state index is 0.192. The third-order valence-corrected chi connectivity index (χ3v) is 4.77. The van der Waals surface area contributed by atoms with E-state index in [0.717, 1.165) is 18.5 Å². The van der Waals surface area contributed by atoms with Gasteiger partial charge in [-0.25, -0.2) is 0 Å². The third kappa shape index (κ3) is 4.55. The quantitative estimate of drug-likeness (QED) is 0.901. The number of nitrogens with zero attached hydrogens (tertiary/aromatic N) is 1. The Morgan fingerprint density at radius 1 is 1.38 bits per heavy atom. The van der Waals surface area contributed by atoms with Crippen LogP contribution in [0.4, 0.5) is 0 Å². The average molecular weight is 288 g/mol.